The van der Waals surface area contributed by atoms with E-state index in [4.69, 9.17) is 16.3 Å². The molecule has 20 heavy (non-hydrogen) atoms. The number of hydrogen-bond donors (Lipinski definition) is 1. The lowest BCUT2D eigenvalue weighted by Crippen LogP contribution is -2.22. The molecular formula is C15H17BrClNOS. The van der Waals surface area contributed by atoms with Crippen molar-refractivity contribution in [3.05, 3.63) is 49.6 Å². The molecule has 0 saturated carbocycles. The van der Waals surface area contributed by atoms with Crippen LogP contribution in [0.1, 0.15) is 23.4 Å². The average molecular weight is 375 g/mol. The molecule has 108 valence electrons. The zero-order valence-electron chi connectivity index (χ0n) is 11.5. The Bertz CT molecular complexity index is 573. The first-order valence-electron chi connectivity index (χ1n) is 6.45. The van der Waals surface area contributed by atoms with Crippen LogP contribution in [0.15, 0.2) is 34.8 Å². The Morgan fingerprint density at radius 3 is 2.70 bits per heavy atom. The Balaban J connectivity index is 2.21. The maximum Gasteiger partial charge on any atom is 0.133 e. The van der Waals surface area contributed by atoms with Crippen molar-refractivity contribution in [2.24, 2.45) is 0 Å². The summed E-state index contributed by atoms with van der Waals surface area (Å²) in [6, 6.07) is 10.5. The van der Waals surface area contributed by atoms with E-state index in [1.165, 1.54) is 10.4 Å². The molecule has 1 aromatic carbocycles. The quantitative estimate of drug-likeness (QED) is 0.762. The van der Waals surface area contributed by atoms with E-state index in [2.05, 4.69) is 46.4 Å². The van der Waals surface area contributed by atoms with Crippen LogP contribution >= 0.6 is 38.9 Å². The van der Waals surface area contributed by atoms with Gasteiger partial charge in [0, 0.05) is 17.3 Å². The zero-order valence-corrected chi connectivity index (χ0v) is 14.6. The molecule has 0 spiro atoms. The SMILES string of the molecule is CCNC(Cc1ccc(Cl)s1)c1ccc(OC)c(Br)c1. The van der Waals surface area contributed by atoms with Crippen molar-refractivity contribution in [3.63, 3.8) is 0 Å². The van der Waals surface area contributed by atoms with Crippen molar-refractivity contribution in [1.29, 1.82) is 0 Å². The molecule has 0 fully saturated rings. The lowest BCUT2D eigenvalue weighted by molar-refractivity contribution is 0.411. The Morgan fingerprint density at radius 1 is 1.35 bits per heavy atom. The highest BCUT2D eigenvalue weighted by Crippen LogP contribution is 2.31. The van der Waals surface area contributed by atoms with Crippen LogP contribution < -0.4 is 10.1 Å². The minimum atomic E-state index is 0.275. The smallest absolute Gasteiger partial charge is 0.133 e. The summed E-state index contributed by atoms with van der Waals surface area (Å²) in [4.78, 5) is 1.29. The fourth-order valence-corrected chi connectivity index (χ4v) is 3.81. The van der Waals surface area contributed by atoms with Gasteiger partial charge in [0.15, 0.2) is 0 Å². The molecule has 2 nitrogen and oxygen atoms in total. The Kier molecular flexibility index (Phi) is 5.90. The molecule has 1 heterocycles. The molecule has 1 unspecified atom stereocenters. The summed E-state index contributed by atoms with van der Waals surface area (Å²) in [5.74, 6) is 0.850. The summed E-state index contributed by atoms with van der Waals surface area (Å²) < 4.78 is 7.09. The minimum absolute atomic E-state index is 0.275. The van der Waals surface area contributed by atoms with Crippen LogP contribution in [0.5, 0.6) is 5.75 Å². The summed E-state index contributed by atoms with van der Waals surface area (Å²) in [5.41, 5.74) is 1.24. The highest BCUT2D eigenvalue weighted by molar-refractivity contribution is 9.10. The van der Waals surface area contributed by atoms with Gasteiger partial charge < -0.3 is 10.1 Å². The van der Waals surface area contributed by atoms with Gasteiger partial charge in [-0.2, -0.15) is 0 Å². The monoisotopic (exact) mass is 373 g/mol. The van der Waals surface area contributed by atoms with E-state index in [0.717, 1.165) is 27.5 Å². The Morgan fingerprint density at radius 2 is 2.15 bits per heavy atom. The Hall–Kier alpha value is -0.550. The molecule has 0 aliphatic carbocycles. The van der Waals surface area contributed by atoms with E-state index < -0.39 is 0 Å². The van der Waals surface area contributed by atoms with E-state index in [0.29, 0.717) is 0 Å². The highest BCUT2D eigenvalue weighted by atomic mass is 79.9. The van der Waals surface area contributed by atoms with Crippen molar-refractivity contribution < 1.29 is 4.74 Å². The van der Waals surface area contributed by atoms with Crippen LogP contribution in [0.4, 0.5) is 0 Å². The molecule has 1 aromatic heterocycles. The van der Waals surface area contributed by atoms with Crippen LogP contribution in [0.3, 0.4) is 0 Å². The van der Waals surface area contributed by atoms with Crippen molar-refractivity contribution in [2.75, 3.05) is 13.7 Å². The van der Waals surface area contributed by atoms with Crippen LogP contribution in [0, 0.1) is 0 Å². The molecule has 2 aromatic rings. The molecular weight excluding hydrogens is 358 g/mol. The van der Waals surface area contributed by atoms with Gasteiger partial charge in [-0.3, -0.25) is 0 Å². The summed E-state index contributed by atoms with van der Waals surface area (Å²) in [6.07, 6.45) is 0.935. The normalized spacial score (nSPS) is 12.4. The third-order valence-electron chi connectivity index (χ3n) is 3.06. The van der Waals surface area contributed by atoms with Crippen molar-refractivity contribution >= 4 is 38.9 Å². The topological polar surface area (TPSA) is 21.3 Å². The van der Waals surface area contributed by atoms with Gasteiger partial charge in [-0.1, -0.05) is 24.6 Å². The van der Waals surface area contributed by atoms with Crippen molar-refractivity contribution in [2.45, 2.75) is 19.4 Å². The molecule has 0 aliphatic heterocycles. The van der Waals surface area contributed by atoms with Gasteiger partial charge >= 0.3 is 0 Å². The third-order valence-corrected chi connectivity index (χ3v) is 4.94. The molecule has 0 radical (unpaired) electrons. The van der Waals surface area contributed by atoms with Crippen LogP contribution in [0.2, 0.25) is 4.34 Å². The summed E-state index contributed by atoms with van der Waals surface area (Å²) in [6.45, 7) is 3.04. The number of benzene rings is 1. The molecule has 0 aliphatic rings. The first-order chi connectivity index (χ1) is 9.63. The van der Waals surface area contributed by atoms with Gasteiger partial charge in [0.05, 0.1) is 15.9 Å². The maximum atomic E-state index is 6.01. The van der Waals surface area contributed by atoms with E-state index in [1.807, 2.05) is 12.1 Å². The second-order valence-electron chi connectivity index (χ2n) is 4.41. The van der Waals surface area contributed by atoms with Gasteiger partial charge in [0.1, 0.15) is 5.75 Å². The standard InChI is InChI=1S/C15H17BrClNOS/c1-3-18-13(9-11-5-7-15(17)20-11)10-4-6-14(19-2)12(16)8-10/h4-8,13,18H,3,9H2,1-2H3. The molecule has 1 atom stereocenters. The minimum Gasteiger partial charge on any atom is -0.496 e. The van der Waals surface area contributed by atoms with E-state index in [-0.39, 0.29) is 6.04 Å². The lowest BCUT2D eigenvalue weighted by Gasteiger charge is -2.18. The third kappa shape index (κ3) is 3.98. The molecule has 1 N–H and O–H groups in total. The number of thiophene rings is 1. The fourth-order valence-electron chi connectivity index (χ4n) is 2.12. The second kappa shape index (κ2) is 7.46. The molecule has 0 saturated heterocycles. The molecule has 5 heteroatoms. The van der Waals surface area contributed by atoms with E-state index >= 15 is 0 Å². The van der Waals surface area contributed by atoms with Crippen LogP contribution in [0.25, 0.3) is 0 Å². The predicted octanol–water partition coefficient (Wildman–Crippen LogP) is 5.07. The molecule has 0 bridgehead atoms. The molecule has 2 rings (SSSR count). The van der Waals surface area contributed by atoms with Gasteiger partial charge in [0.2, 0.25) is 0 Å². The largest absolute Gasteiger partial charge is 0.496 e. The number of ether oxygens (including phenoxy) is 1. The van der Waals surface area contributed by atoms with Gasteiger partial charge in [-0.15, -0.1) is 11.3 Å². The Labute approximate surface area is 137 Å². The van der Waals surface area contributed by atoms with Crippen molar-refractivity contribution in [1.82, 2.24) is 5.32 Å². The summed E-state index contributed by atoms with van der Waals surface area (Å²) >= 11 is 11.2. The highest BCUT2D eigenvalue weighted by Gasteiger charge is 2.14. The molecule has 0 amide bonds. The van der Waals surface area contributed by atoms with Gasteiger partial charge in [-0.25, -0.2) is 0 Å². The number of halogens is 2. The first kappa shape index (κ1) is 15.8. The number of methoxy groups -OCH3 is 1. The zero-order chi connectivity index (χ0) is 14.5. The van der Waals surface area contributed by atoms with Crippen molar-refractivity contribution in [3.8, 4) is 5.75 Å². The summed E-state index contributed by atoms with van der Waals surface area (Å²) in [5, 5.41) is 3.52. The number of hydrogen-bond acceptors (Lipinski definition) is 3. The van der Waals surface area contributed by atoms with Crippen LogP contribution in [-0.2, 0) is 6.42 Å². The van der Waals surface area contributed by atoms with E-state index in [9.17, 15) is 0 Å². The van der Waals surface area contributed by atoms with E-state index in [1.54, 1.807) is 18.4 Å². The second-order valence-corrected chi connectivity index (χ2v) is 7.07. The predicted molar refractivity (Wildman–Crippen MR) is 90.1 cm³/mol. The number of rotatable bonds is 6. The number of likely N-dealkylation sites (N-methyl/N-ethyl adjacent to an activating group) is 1. The van der Waals surface area contributed by atoms with Gasteiger partial charge in [-0.05, 0) is 52.3 Å². The number of nitrogens with one attached hydrogen (secondary N) is 1. The first-order valence-corrected chi connectivity index (χ1v) is 8.43. The lowest BCUT2D eigenvalue weighted by atomic mass is 10.0. The summed E-state index contributed by atoms with van der Waals surface area (Å²) in [7, 11) is 1.68. The average Bonchev–Trinajstić information content (AvgIpc) is 2.83. The van der Waals surface area contributed by atoms with Gasteiger partial charge in [0.25, 0.3) is 0 Å². The fraction of sp³-hybridized carbons (Fsp3) is 0.333. The maximum absolute atomic E-state index is 6.01. The van der Waals surface area contributed by atoms with Crippen LogP contribution in [-0.4, -0.2) is 13.7 Å².